The van der Waals surface area contributed by atoms with E-state index in [9.17, 15) is 4.39 Å². The van der Waals surface area contributed by atoms with Gasteiger partial charge in [-0.2, -0.15) is 0 Å². The van der Waals surface area contributed by atoms with Crippen LogP contribution in [0.1, 0.15) is 32.8 Å². The highest BCUT2D eigenvalue weighted by Crippen LogP contribution is 2.40. The SMILES string of the molecule is CCCN1CC(C)(C)c2cc(F)ccc21. The zero-order valence-corrected chi connectivity index (χ0v) is 9.68. The summed E-state index contributed by atoms with van der Waals surface area (Å²) >= 11 is 0. The molecule has 1 aliphatic rings. The van der Waals surface area contributed by atoms with Gasteiger partial charge in [0, 0.05) is 24.2 Å². The van der Waals surface area contributed by atoms with Crippen molar-refractivity contribution in [2.45, 2.75) is 32.6 Å². The van der Waals surface area contributed by atoms with Crippen LogP contribution in [0.3, 0.4) is 0 Å². The third-order valence-electron chi connectivity index (χ3n) is 3.11. The number of halogens is 1. The molecule has 1 aromatic carbocycles. The molecule has 0 N–H and O–H groups in total. The number of anilines is 1. The summed E-state index contributed by atoms with van der Waals surface area (Å²) in [5.74, 6) is -0.125. The van der Waals surface area contributed by atoms with E-state index in [2.05, 4.69) is 25.7 Å². The first-order chi connectivity index (χ1) is 7.04. The van der Waals surface area contributed by atoms with Crippen LogP contribution in [0, 0.1) is 5.82 Å². The predicted octanol–water partition coefficient (Wildman–Crippen LogP) is 3.33. The number of rotatable bonds is 2. The molecule has 2 heteroatoms. The van der Waals surface area contributed by atoms with Gasteiger partial charge in [-0.3, -0.25) is 0 Å². The first kappa shape index (κ1) is 10.5. The second-order valence-corrected chi connectivity index (χ2v) is 4.97. The molecule has 0 unspecified atom stereocenters. The van der Waals surface area contributed by atoms with E-state index in [0.717, 1.165) is 25.1 Å². The molecular formula is C13H18FN. The molecule has 0 spiro atoms. The van der Waals surface area contributed by atoms with Gasteiger partial charge >= 0.3 is 0 Å². The van der Waals surface area contributed by atoms with Crippen molar-refractivity contribution in [2.24, 2.45) is 0 Å². The van der Waals surface area contributed by atoms with Crippen molar-refractivity contribution in [3.8, 4) is 0 Å². The summed E-state index contributed by atoms with van der Waals surface area (Å²) in [6.45, 7) is 8.60. The molecule has 0 saturated heterocycles. The molecule has 1 nitrogen and oxygen atoms in total. The first-order valence-corrected chi connectivity index (χ1v) is 5.59. The van der Waals surface area contributed by atoms with Gasteiger partial charge in [-0.05, 0) is 30.2 Å². The highest BCUT2D eigenvalue weighted by Gasteiger charge is 2.34. The normalized spacial score (nSPS) is 18.0. The van der Waals surface area contributed by atoms with Gasteiger partial charge in [-0.25, -0.2) is 4.39 Å². The van der Waals surface area contributed by atoms with E-state index in [4.69, 9.17) is 0 Å². The first-order valence-electron chi connectivity index (χ1n) is 5.59. The van der Waals surface area contributed by atoms with Crippen LogP contribution in [0.15, 0.2) is 18.2 Å². The Balaban J connectivity index is 2.43. The molecule has 15 heavy (non-hydrogen) atoms. The lowest BCUT2D eigenvalue weighted by Gasteiger charge is -2.21. The Kier molecular flexibility index (Phi) is 2.45. The van der Waals surface area contributed by atoms with Crippen LogP contribution in [0.25, 0.3) is 0 Å². The fourth-order valence-corrected chi connectivity index (χ4v) is 2.44. The van der Waals surface area contributed by atoms with Crippen LogP contribution < -0.4 is 4.90 Å². The van der Waals surface area contributed by atoms with Gasteiger partial charge in [-0.1, -0.05) is 20.8 Å². The maximum Gasteiger partial charge on any atom is 0.123 e. The van der Waals surface area contributed by atoms with Crippen LogP contribution in [0.2, 0.25) is 0 Å². The number of hydrogen-bond donors (Lipinski definition) is 0. The summed E-state index contributed by atoms with van der Waals surface area (Å²) in [7, 11) is 0. The van der Waals surface area contributed by atoms with E-state index in [1.807, 2.05) is 6.07 Å². The molecule has 0 aliphatic carbocycles. The van der Waals surface area contributed by atoms with E-state index < -0.39 is 0 Å². The molecule has 0 radical (unpaired) electrons. The Bertz CT molecular complexity index is 371. The standard InChI is InChI=1S/C13H18FN/c1-4-7-15-9-13(2,3)11-8-10(14)5-6-12(11)15/h5-6,8H,4,7,9H2,1-3H3. The lowest BCUT2D eigenvalue weighted by Crippen LogP contribution is -2.28. The highest BCUT2D eigenvalue weighted by molar-refractivity contribution is 5.62. The minimum Gasteiger partial charge on any atom is -0.370 e. The molecule has 1 aromatic rings. The van der Waals surface area contributed by atoms with E-state index in [1.54, 1.807) is 12.1 Å². The molecule has 0 amide bonds. The fourth-order valence-electron chi connectivity index (χ4n) is 2.44. The van der Waals surface area contributed by atoms with Gasteiger partial charge in [0.1, 0.15) is 5.82 Å². The summed E-state index contributed by atoms with van der Waals surface area (Å²) in [5.41, 5.74) is 2.44. The summed E-state index contributed by atoms with van der Waals surface area (Å²) < 4.78 is 13.2. The predicted molar refractivity (Wildman–Crippen MR) is 61.9 cm³/mol. The molecule has 0 fully saturated rings. The van der Waals surface area contributed by atoms with Gasteiger partial charge in [0.05, 0.1) is 0 Å². The minimum atomic E-state index is -0.125. The number of hydrogen-bond acceptors (Lipinski definition) is 1. The average Bonchev–Trinajstić information content (AvgIpc) is 2.39. The van der Waals surface area contributed by atoms with Crippen molar-refractivity contribution >= 4 is 5.69 Å². The van der Waals surface area contributed by atoms with Crippen molar-refractivity contribution in [2.75, 3.05) is 18.0 Å². The van der Waals surface area contributed by atoms with Crippen LogP contribution in [-0.2, 0) is 5.41 Å². The van der Waals surface area contributed by atoms with E-state index >= 15 is 0 Å². The lowest BCUT2D eigenvalue weighted by atomic mass is 9.87. The Hall–Kier alpha value is -1.05. The van der Waals surface area contributed by atoms with Gasteiger partial charge in [0.25, 0.3) is 0 Å². The molecule has 0 saturated carbocycles. The molecular weight excluding hydrogens is 189 g/mol. The highest BCUT2D eigenvalue weighted by atomic mass is 19.1. The molecule has 82 valence electrons. The van der Waals surface area contributed by atoms with Crippen molar-refractivity contribution in [1.82, 2.24) is 0 Å². The molecule has 0 atom stereocenters. The van der Waals surface area contributed by atoms with Crippen molar-refractivity contribution < 1.29 is 4.39 Å². The Morgan fingerprint density at radius 2 is 2.13 bits per heavy atom. The van der Waals surface area contributed by atoms with Crippen molar-refractivity contribution in [3.05, 3.63) is 29.6 Å². The lowest BCUT2D eigenvalue weighted by molar-refractivity contribution is 0.544. The second kappa shape index (κ2) is 3.51. The minimum absolute atomic E-state index is 0.0760. The third kappa shape index (κ3) is 1.73. The number of benzene rings is 1. The van der Waals surface area contributed by atoms with Gasteiger partial charge in [0.15, 0.2) is 0 Å². The van der Waals surface area contributed by atoms with Crippen LogP contribution in [-0.4, -0.2) is 13.1 Å². The maximum absolute atomic E-state index is 13.2. The van der Waals surface area contributed by atoms with Crippen LogP contribution >= 0.6 is 0 Å². The topological polar surface area (TPSA) is 3.24 Å². The van der Waals surface area contributed by atoms with E-state index in [1.165, 1.54) is 5.69 Å². The average molecular weight is 207 g/mol. The van der Waals surface area contributed by atoms with E-state index in [-0.39, 0.29) is 11.2 Å². The zero-order valence-electron chi connectivity index (χ0n) is 9.68. The largest absolute Gasteiger partial charge is 0.370 e. The van der Waals surface area contributed by atoms with Gasteiger partial charge in [0.2, 0.25) is 0 Å². The molecule has 2 rings (SSSR count). The molecule has 1 aliphatic heterocycles. The quantitative estimate of drug-likeness (QED) is 0.719. The van der Waals surface area contributed by atoms with E-state index in [0.29, 0.717) is 0 Å². The third-order valence-corrected chi connectivity index (χ3v) is 3.11. The summed E-state index contributed by atoms with van der Waals surface area (Å²) in [4.78, 5) is 2.36. The monoisotopic (exact) mass is 207 g/mol. The Labute approximate surface area is 90.9 Å². The van der Waals surface area contributed by atoms with Crippen molar-refractivity contribution in [1.29, 1.82) is 0 Å². The van der Waals surface area contributed by atoms with Crippen LogP contribution in [0.5, 0.6) is 0 Å². The summed E-state index contributed by atoms with van der Waals surface area (Å²) in [6, 6.07) is 5.16. The Morgan fingerprint density at radius 3 is 2.80 bits per heavy atom. The van der Waals surface area contributed by atoms with Crippen LogP contribution in [0.4, 0.5) is 10.1 Å². The maximum atomic E-state index is 13.2. The van der Waals surface area contributed by atoms with Gasteiger partial charge < -0.3 is 4.90 Å². The molecule has 0 bridgehead atoms. The number of fused-ring (bicyclic) bond motifs is 1. The zero-order chi connectivity index (χ0) is 11.1. The van der Waals surface area contributed by atoms with Crippen molar-refractivity contribution in [3.63, 3.8) is 0 Å². The molecule has 1 heterocycles. The smallest absolute Gasteiger partial charge is 0.123 e. The molecule has 0 aromatic heterocycles. The fraction of sp³-hybridized carbons (Fsp3) is 0.538. The number of nitrogens with zero attached hydrogens (tertiary/aromatic N) is 1. The second-order valence-electron chi connectivity index (χ2n) is 4.97. The van der Waals surface area contributed by atoms with Gasteiger partial charge in [-0.15, -0.1) is 0 Å². The Morgan fingerprint density at radius 1 is 1.40 bits per heavy atom. The summed E-state index contributed by atoms with van der Waals surface area (Å²) in [6.07, 6.45) is 1.13. The summed E-state index contributed by atoms with van der Waals surface area (Å²) in [5, 5.41) is 0.